The summed E-state index contributed by atoms with van der Waals surface area (Å²) in [6, 6.07) is 1.09. The number of ether oxygens (including phenoxy) is 6. The normalized spacial score (nSPS) is 26.4. The lowest BCUT2D eigenvalue weighted by atomic mass is 10.1. The van der Waals surface area contributed by atoms with Gasteiger partial charge in [-0.3, -0.25) is 28.0 Å². The number of carbonyl (C=O) groups is 1. The number of anilines is 1. The number of aromatic nitrogens is 6. The molecule has 8 atom stereocenters. The van der Waals surface area contributed by atoms with Crippen LogP contribution in [0.15, 0.2) is 34.5 Å². The van der Waals surface area contributed by atoms with E-state index in [2.05, 4.69) is 19.9 Å². The number of nitrogens with one attached hydrogen (secondary N) is 1. The Kier molecular flexibility index (Phi) is 12.6. The number of imidazole rings is 1. The highest BCUT2D eigenvalue weighted by atomic mass is 32.7. The van der Waals surface area contributed by atoms with Crippen LogP contribution in [-0.2, 0) is 42.0 Å². The minimum absolute atomic E-state index is 0.0391. The quantitative estimate of drug-likeness (QED) is 0.0663. The molecule has 0 bridgehead atoms. The average Bonchev–Trinajstić information content (AvgIpc) is 3.75. The third-order valence-electron chi connectivity index (χ3n) is 7.46. The van der Waals surface area contributed by atoms with Gasteiger partial charge in [-0.15, -0.1) is 0 Å². The van der Waals surface area contributed by atoms with E-state index in [0.29, 0.717) is 22.5 Å². The number of methoxy groups -OCH3 is 1. The summed E-state index contributed by atoms with van der Waals surface area (Å²) in [4.78, 5) is 50.9. The van der Waals surface area contributed by atoms with Gasteiger partial charge in [0.05, 0.1) is 45.0 Å². The number of carbonyl (C=O) groups excluding carboxylic acids is 1. The summed E-state index contributed by atoms with van der Waals surface area (Å²) >= 11 is 0.469. The van der Waals surface area contributed by atoms with Crippen LogP contribution in [0.3, 0.4) is 0 Å². The summed E-state index contributed by atoms with van der Waals surface area (Å²) in [7, 11) is 1.44. The molecular formula is C27H38N7O14PS. The molecule has 276 valence electrons. The zero-order valence-corrected chi connectivity index (χ0v) is 28.8. The Morgan fingerprint density at radius 2 is 1.98 bits per heavy atom. The topological polar surface area (TPSA) is 273 Å². The first-order valence-corrected chi connectivity index (χ1v) is 18.4. The van der Waals surface area contributed by atoms with E-state index >= 15 is 0 Å². The Balaban J connectivity index is 1.37. The number of nitrogen functional groups attached to an aromatic ring is 1. The third-order valence-corrected chi connectivity index (χ3v) is 10.8. The predicted molar refractivity (Wildman–Crippen MR) is 172 cm³/mol. The number of aromatic amines is 1. The van der Waals surface area contributed by atoms with Crippen molar-refractivity contribution in [3.63, 3.8) is 0 Å². The number of H-pyrrole nitrogens is 1. The van der Waals surface area contributed by atoms with Gasteiger partial charge in [0, 0.05) is 37.2 Å². The van der Waals surface area contributed by atoms with Gasteiger partial charge in [-0.2, -0.15) is 0 Å². The number of aliphatic hydroxyl groups excluding tert-OH is 2. The van der Waals surface area contributed by atoms with Gasteiger partial charge in [0.2, 0.25) is 0 Å². The fraction of sp³-hybridized carbons (Fsp3) is 0.630. The Morgan fingerprint density at radius 3 is 2.70 bits per heavy atom. The summed E-state index contributed by atoms with van der Waals surface area (Å²) in [5.41, 5.74) is 5.11. The molecule has 5 heterocycles. The van der Waals surface area contributed by atoms with Gasteiger partial charge in [-0.25, -0.2) is 29.1 Å². The number of aliphatic hydroxyl groups is 2. The maximum Gasteiger partial charge on any atom is 0.509 e. The summed E-state index contributed by atoms with van der Waals surface area (Å²) in [6.45, 7) is -2.29. The molecule has 2 saturated heterocycles. The van der Waals surface area contributed by atoms with Crippen LogP contribution in [0.1, 0.15) is 32.7 Å². The van der Waals surface area contributed by atoms with Crippen molar-refractivity contribution in [2.24, 2.45) is 0 Å². The Bertz CT molecular complexity index is 1770. The van der Waals surface area contributed by atoms with Crippen molar-refractivity contribution in [2.75, 3.05) is 45.2 Å². The second-order valence-corrected chi connectivity index (χ2v) is 15.2. The molecule has 0 saturated carbocycles. The molecule has 2 aliphatic heterocycles. The van der Waals surface area contributed by atoms with Gasteiger partial charge in [0.25, 0.3) is 5.56 Å². The van der Waals surface area contributed by atoms with E-state index in [1.54, 1.807) is 18.4 Å². The standard InChI is InChI=1S/C27H38N7O14PS/c1-14(2)45-27(39)43-13-50-49(40,44-10-17-15(36)8-19(46-17)34-12-31-20-23(28)29-11-30-24(20)34)48-21-16(9-35)47-25(22(21)42-7-6-41-3)33-5-4-18(37)32-26(33)38/h4-5,11-12,14-17,19,21-22,25,35-36H,6-10,13H2,1-3H3,(H2,28,29,30)(H,32,37,38)/t15-,16+,17+,19+,21+,22+,25+,49-/m0/s1. The molecule has 3 aromatic heterocycles. The van der Waals surface area contributed by atoms with Gasteiger partial charge in [0.15, 0.2) is 23.6 Å². The molecule has 5 rings (SSSR count). The van der Waals surface area contributed by atoms with Crippen molar-refractivity contribution >= 4 is 41.3 Å². The molecule has 2 fully saturated rings. The first-order valence-electron chi connectivity index (χ1n) is 15.3. The molecule has 0 aromatic carbocycles. The van der Waals surface area contributed by atoms with E-state index in [1.807, 2.05) is 0 Å². The largest absolute Gasteiger partial charge is 0.509 e. The number of fused-ring (bicyclic) bond motifs is 1. The number of nitrogens with zero attached hydrogens (tertiary/aromatic N) is 5. The fourth-order valence-corrected chi connectivity index (χ4v) is 7.96. The SMILES string of the molecule is COCCO[C@@H]1[C@H](O[P@](=O)(OC[C@H]2O[C@@H](n3cnc4c(N)ncnc43)C[C@@H]2O)SCOC(=O)OC(C)C)[C@@H](CO)O[C@H]1n1ccc(=O)[nH]c1=O. The number of hydrogen-bond donors (Lipinski definition) is 4. The first-order chi connectivity index (χ1) is 23.9. The van der Waals surface area contributed by atoms with Crippen molar-refractivity contribution in [1.29, 1.82) is 0 Å². The van der Waals surface area contributed by atoms with Crippen molar-refractivity contribution in [3.8, 4) is 0 Å². The highest BCUT2D eigenvalue weighted by molar-refractivity contribution is 8.55. The summed E-state index contributed by atoms with van der Waals surface area (Å²) in [5.74, 6) is -0.395. The second-order valence-electron chi connectivity index (χ2n) is 11.2. The fourth-order valence-electron chi connectivity index (χ4n) is 5.17. The maximum atomic E-state index is 14.4. The van der Waals surface area contributed by atoms with Gasteiger partial charge < -0.3 is 44.4 Å². The van der Waals surface area contributed by atoms with Crippen LogP contribution in [0.2, 0.25) is 0 Å². The van der Waals surface area contributed by atoms with Gasteiger partial charge in [-0.1, -0.05) is 0 Å². The Labute approximate surface area is 287 Å². The molecule has 5 N–H and O–H groups in total. The van der Waals surface area contributed by atoms with Gasteiger partial charge in [-0.05, 0) is 13.8 Å². The van der Waals surface area contributed by atoms with Crippen molar-refractivity contribution < 1.29 is 57.0 Å². The molecule has 0 radical (unpaired) electrons. The average molecular weight is 748 g/mol. The van der Waals surface area contributed by atoms with E-state index in [0.717, 1.165) is 10.6 Å². The molecule has 23 heteroatoms. The van der Waals surface area contributed by atoms with Crippen LogP contribution in [0.25, 0.3) is 11.2 Å². The monoisotopic (exact) mass is 747 g/mol. The van der Waals surface area contributed by atoms with Crippen LogP contribution in [-0.4, -0.2) is 122 Å². The Morgan fingerprint density at radius 1 is 1.18 bits per heavy atom. The van der Waals surface area contributed by atoms with Crippen LogP contribution < -0.4 is 17.0 Å². The lowest BCUT2D eigenvalue weighted by Gasteiger charge is -2.28. The molecule has 3 aromatic rings. The summed E-state index contributed by atoms with van der Waals surface area (Å²) in [5, 5.41) is 21.1. The zero-order valence-electron chi connectivity index (χ0n) is 27.1. The second kappa shape index (κ2) is 16.7. The third kappa shape index (κ3) is 8.88. The molecule has 0 unspecified atom stereocenters. The zero-order chi connectivity index (χ0) is 36.0. The lowest BCUT2D eigenvalue weighted by Crippen LogP contribution is -2.41. The molecule has 0 spiro atoms. The van der Waals surface area contributed by atoms with Crippen molar-refractivity contribution in [3.05, 3.63) is 45.8 Å². The molecule has 21 nitrogen and oxygen atoms in total. The highest BCUT2D eigenvalue weighted by Gasteiger charge is 2.51. The summed E-state index contributed by atoms with van der Waals surface area (Å²) in [6.07, 6.45) is -5.51. The van der Waals surface area contributed by atoms with Crippen LogP contribution >= 0.6 is 18.2 Å². The van der Waals surface area contributed by atoms with Crippen molar-refractivity contribution in [2.45, 2.75) is 69.3 Å². The van der Waals surface area contributed by atoms with Crippen LogP contribution in [0.4, 0.5) is 10.6 Å². The van der Waals surface area contributed by atoms with Gasteiger partial charge >= 0.3 is 18.6 Å². The lowest BCUT2D eigenvalue weighted by molar-refractivity contribution is -0.0814. The first kappa shape index (κ1) is 37.8. The van der Waals surface area contributed by atoms with Crippen LogP contribution in [0, 0.1) is 0 Å². The highest BCUT2D eigenvalue weighted by Crippen LogP contribution is 2.63. The number of hydrogen-bond acceptors (Lipinski definition) is 19. The van der Waals surface area contributed by atoms with Crippen LogP contribution in [0.5, 0.6) is 0 Å². The minimum Gasteiger partial charge on any atom is -0.432 e. The molecule has 50 heavy (non-hydrogen) atoms. The molecule has 0 aliphatic carbocycles. The molecule has 0 amide bonds. The van der Waals surface area contributed by atoms with E-state index in [-0.39, 0.29) is 25.5 Å². The van der Waals surface area contributed by atoms with E-state index < -0.39 is 92.4 Å². The minimum atomic E-state index is -4.44. The summed E-state index contributed by atoms with van der Waals surface area (Å²) < 4.78 is 61.8. The molecular weight excluding hydrogens is 709 g/mol. The Hall–Kier alpha value is -3.44. The van der Waals surface area contributed by atoms with E-state index in [1.165, 1.54) is 26.0 Å². The maximum absolute atomic E-state index is 14.4. The number of rotatable bonds is 16. The van der Waals surface area contributed by atoms with E-state index in [9.17, 15) is 29.2 Å². The van der Waals surface area contributed by atoms with Crippen molar-refractivity contribution in [1.82, 2.24) is 29.1 Å². The molecule has 2 aliphatic rings. The predicted octanol–water partition coefficient (Wildman–Crippen LogP) is 0.291. The van der Waals surface area contributed by atoms with E-state index in [4.69, 9.17) is 43.2 Å². The van der Waals surface area contributed by atoms with Gasteiger partial charge in [0.1, 0.15) is 42.5 Å². The smallest absolute Gasteiger partial charge is 0.432 e. The number of nitrogens with two attached hydrogens (primary N) is 1.